The quantitative estimate of drug-likeness (QED) is 0.345. The summed E-state index contributed by atoms with van der Waals surface area (Å²) in [5.41, 5.74) is 0. The molecule has 0 rings (SSSR count). The zero-order valence-corrected chi connectivity index (χ0v) is 6.23. The second-order valence-corrected chi connectivity index (χ2v) is 2.10. The zero-order chi connectivity index (χ0) is 8.85. The predicted octanol–water partition coefficient (Wildman–Crippen LogP) is -2.65. The molecular weight excluding hydrogens is 192 g/mol. The van der Waals surface area contributed by atoms with Crippen molar-refractivity contribution in [2.24, 2.45) is 0 Å². The van der Waals surface area contributed by atoms with Crippen molar-refractivity contribution in [1.82, 2.24) is 0 Å². The van der Waals surface area contributed by atoms with Crippen LogP contribution in [0.15, 0.2) is 0 Å². The second-order valence-electron chi connectivity index (χ2n) is 2.10. The number of rotatable bonds is 4. The van der Waals surface area contributed by atoms with E-state index in [1.54, 1.807) is 0 Å². The Bertz CT molecular complexity index is 123. The fraction of sp³-hybridized carbons (Fsp3) is 0.833. The van der Waals surface area contributed by atoms with Crippen LogP contribution in [0.2, 0.25) is 0 Å². The van der Waals surface area contributed by atoms with Crippen molar-refractivity contribution in [3.05, 3.63) is 0 Å². The standard InChI is InChI=1S/C6H12O5.Ca.2H/c1-4(9)6(10)11-5(2-7)3-8;;;/h4-5,7-9H,2-3H2,1H3;;;. The van der Waals surface area contributed by atoms with E-state index >= 15 is 0 Å². The van der Waals surface area contributed by atoms with Gasteiger partial charge >= 0.3 is 43.7 Å². The molecule has 0 saturated carbocycles. The van der Waals surface area contributed by atoms with E-state index in [4.69, 9.17) is 15.3 Å². The summed E-state index contributed by atoms with van der Waals surface area (Å²) in [6, 6.07) is 0. The van der Waals surface area contributed by atoms with Crippen LogP contribution in [0, 0.1) is 0 Å². The summed E-state index contributed by atoms with van der Waals surface area (Å²) in [6.07, 6.45) is -2.16. The van der Waals surface area contributed by atoms with Crippen LogP contribution in [0.1, 0.15) is 6.92 Å². The molecule has 0 amide bonds. The second kappa shape index (κ2) is 8.22. The van der Waals surface area contributed by atoms with Gasteiger partial charge in [-0.05, 0) is 6.92 Å². The topological polar surface area (TPSA) is 87.0 Å². The fourth-order valence-electron chi connectivity index (χ4n) is 0.395. The van der Waals surface area contributed by atoms with Crippen molar-refractivity contribution in [3.8, 4) is 0 Å². The fourth-order valence-corrected chi connectivity index (χ4v) is 0.395. The first kappa shape index (κ1) is 15.1. The van der Waals surface area contributed by atoms with E-state index < -0.39 is 31.4 Å². The van der Waals surface area contributed by atoms with Gasteiger partial charge in [-0.2, -0.15) is 0 Å². The molecule has 6 heteroatoms. The SMILES string of the molecule is CC(O)C(=O)OC(CO)CO.[CaH2]. The van der Waals surface area contributed by atoms with Gasteiger partial charge < -0.3 is 20.1 Å². The van der Waals surface area contributed by atoms with Crippen LogP contribution in [0.5, 0.6) is 0 Å². The molecule has 70 valence electrons. The first-order valence-corrected chi connectivity index (χ1v) is 3.22. The van der Waals surface area contributed by atoms with Gasteiger partial charge in [0, 0.05) is 0 Å². The monoisotopic (exact) mass is 206 g/mol. The van der Waals surface area contributed by atoms with Gasteiger partial charge in [0.05, 0.1) is 13.2 Å². The first-order chi connectivity index (χ1) is 5.11. The molecule has 0 aromatic heterocycles. The Kier molecular flexibility index (Phi) is 10.3. The van der Waals surface area contributed by atoms with E-state index in [-0.39, 0.29) is 37.7 Å². The molecule has 0 aromatic carbocycles. The third-order valence-corrected chi connectivity index (χ3v) is 1.03. The number of carbonyl (C=O) groups excluding carboxylic acids is 1. The van der Waals surface area contributed by atoms with E-state index in [1.165, 1.54) is 6.92 Å². The van der Waals surface area contributed by atoms with Crippen molar-refractivity contribution >= 4 is 43.7 Å². The molecule has 12 heavy (non-hydrogen) atoms. The van der Waals surface area contributed by atoms with Gasteiger partial charge in [-0.1, -0.05) is 0 Å². The van der Waals surface area contributed by atoms with Crippen LogP contribution in [0.3, 0.4) is 0 Å². The molecule has 0 saturated heterocycles. The Morgan fingerprint density at radius 3 is 2.08 bits per heavy atom. The molecule has 0 aromatic rings. The summed E-state index contributed by atoms with van der Waals surface area (Å²) in [7, 11) is 0. The average Bonchev–Trinajstić information content (AvgIpc) is 1.99. The molecule has 0 spiro atoms. The van der Waals surface area contributed by atoms with Gasteiger partial charge in [-0.15, -0.1) is 0 Å². The molecule has 5 nitrogen and oxygen atoms in total. The van der Waals surface area contributed by atoms with Gasteiger partial charge in [0.25, 0.3) is 0 Å². The molecule has 0 fully saturated rings. The van der Waals surface area contributed by atoms with Crippen molar-refractivity contribution in [3.63, 3.8) is 0 Å². The van der Waals surface area contributed by atoms with Crippen molar-refractivity contribution in [2.75, 3.05) is 13.2 Å². The summed E-state index contributed by atoms with van der Waals surface area (Å²) in [5.74, 6) is -0.849. The van der Waals surface area contributed by atoms with Crippen LogP contribution < -0.4 is 0 Å². The number of hydrogen-bond donors (Lipinski definition) is 3. The molecule has 0 radical (unpaired) electrons. The van der Waals surface area contributed by atoms with E-state index in [0.29, 0.717) is 0 Å². The Morgan fingerprint density at radius 1 is 1.42 bits per heavy atom. The summed E-state index contributed by atoms with van der Waals surface area (Å²) in [4.78, 5) is 10.6. The number of esters is 1. The maximum atomic E-state index is 10.6. The molecule has 1 unspecified atom stereocenters. The van der Waals surface area contributed by atoms with Crippen LogP contribution in [0.25, 0.3) is 0 Å². The van der Waals surface area contributed by atoms with Gasteiger partial charge in [0.1, 0.15) is 12.2 Å². The summed E-state index contributed by atoms with van der Waals surface area (Å²) in [5, 5.41) is 25.5. The molecule has 0 aliphatic rings. The third-order valence-electron chi connectivity index (χ3n) is 1.03. The Morgan fingerprint density at radius 2 is 1.83 bits per heavy atom. The molecule has 3 N–H and O–H groups in total. The summed E-state index contributed by atoms with van der Waals surface area (Å²) in [6.45, 7) is 0.345. The van der Waals surface area contributed by atoms with Crippen LogP contribution in [-0.2, 0) is 9.53 Å². The average molecular weight is 206 g/mol. The minimum atomic E-state index is -1.23. The van der Waals surface area contributed by atoms with Gasteiger partial charge in [0.15, 0.2) is 0 Å². The van der Waals surface area contributed by atoms with Crippen molar-refractivity contribution in [2.45, 2.75) is 19.1 Å². The van der Waals surface area contributed by atoms with Crippen LogP contribution in [0.4, 0.5) is 0 Å². The Hall–Kier alpha value is 0.610. The van der Waals surface area contributed by atoms with Gasteiger partial charge in [0.2, 0.25) is 0 Å². The molecule has 0 aliphatic carbocycles. The summed E-state index contributed by atoms with van der Waals surface area (Å²) >= 11 is 0. The first-order valence-electron chi connectivity index (χ1n) is 3.22. The van der Waals surface area contributed by atoms with Crippen molar-refractivity contribution in [1.29, 1.82) is 0 Å². The zero-order valence-electron chi connectivity index (χ0n) is 6.23. The van der Waals surface area contributed by atoms with E-state index in [0.717, 1.165) is 0 Å². The summed E-state index contributed by atoms with van der Waals surface area (Å²) < 4.78 is 4.42. The molecule has 1 atom stereocenters. The number of ether oxygens (including phenoxy) is 1. The van der Waals surface area contributed by atoms with Crippen LogP contribution in [-0.4, -0.2) is 84.4 Å². The maximum absolute atomic E-state index is 10.6. The van der Waals surface area contributed by atoms with Crippen molar-refractivity contribution < 1.29 is 24.9 Å². The minimum absolute atomic E-state index is 0. The van der Waals surface area contributed by atoms with Gasteiger partial charge in [-0.3, -0.25) is 0 Å². The molecule has 0 bridgehead atoms. The Labute approximate surface area is 100 Å². The Balaban J connectivity index is 0. The van der Waals surface area contributed by atoms with E-state index in [1.807, 2.05) is 0 Å². The number of hydrogen-bond acceptors (Lipinski definition) is 5. The van der Waals surface area contributed by atoms with E-state index in [9.17, 15) is 4.79 Å². The van der Waals surface area contributed by atoms with Crippen LogP contribution >= 0.6 is 0 Å². The van der Waals surface area contributed by atoms with E-state index in [2.05, 4.69) is 4.74 Å². The molecule has 0 heterocycles. The predicted molar refractivity (Wildman–Crippen MR) is 44.3 cm³/mol. The number of aliphatic hydroxyl groups excluding tert-OH is 3. The molecule has 0 aliphatic heterocycles. The third kappa shape index (κ3) is 6.16. The normalized spacial score (nSPS) is 12.1. The number of aliphatic hydroxyl groups is 3. The van der Waals surface area contributed by atoms with Gasteiger partial charge in [-0.25, -0.2) is 4.79 Å². The molecular formula is C6H14CaO5. The number of carbonyl (C=O) groups is 1.